The second-order valence-electron chi connectivity index (χ2n) is 41.8. The minimum atomic E-state index is -1.91. The number of unbranched alkanes of at least 4 members (excludes halogenated alkanes) is 8. The maximum Gasteiger partial charge on any atom is 0.195 e. The summed E-state index contributed by atoms with van der Waals surface area (Å²) in [5.74, 6) is 0. The van der Waals surface area contributed by atoms with E-state index in [9.17, 15) is 0 Å². The molecule has 0 rings (SSSR count). The third-order valence-electron chi connectivity index (χ3n) is 24.9. The van der Waals surface area contributed by atoms with Gasteiger partial charge in [-0.3, -0.25) is 0 Å². The second kappa shape index (κ2) is 46.9. The summed E-state index contributed by atoms with van der Waals surface area (Å²) in [6, 6.07) is 17.4. The summed E-state index contributed by atoms with van der Waals surface area (Å²) in [4.78, 5) is 0. The van der Waals surface area contributed by atoms with Crippen LogP contribution in [0.15, 0.2) is 160 Å². The Kier molecular flexibility index (Phi) is 48.1. The van der Waals surface area contributed by atoms with Crippen LogP contribution in [0.2, 0.25) is 138 Å². The summed E-state index contributed by atoms with van der Waals surface area (Å²) in [7, 11) is -17.3. The van der Waals surface area contributed by atoms with E-state index in [-0.39, 0.29) is 37.5 Å². The van der Waals surface area contributed by atoms with Crippen LogP contribution >= 0.6 is 0 Å². The third-order valence-corrected chi connectivity index (χ3v) is 70.8. The zero-order valence-electron chi connectivity index (χ0n) is 76.8. The highest BCUT2D eigenvalue weighted by Gasteiger charge is 2.48. The van der Waals surface area contributed by atoms with E-state index in [1.165, 1.54) is 181 Å². The van der Waals surface area contributed by atoms with Crippen molar-refractivity contribution in [3.8, 4) is 0 Å². The minimum absolute atomic E-state index is 0.00298. The molecule has 616 valence electrons. The van der Waals surface area contributed by atoms with Gasteiger partial charge in [-0.15, -0.1) is 85.5 Å². The second-order valence-corrected chi connectivity index (χ2v) is 85.9. The first-order valence-corrected chi connectivity index (χ1v) is 68.2. The van der Waals surface area contributed by atoms with Gasteiger partial charge in [-0.25, -0.2) is 0 Å². The molecule has 0 heterocycles. The monoisotopic (exact) mass is 1630 g/mol. The van der Waals surface area contributed by atoms with Gasteiger partial charge in [-0.2, -0.15) is 0 Å². The number of rotatable bonds is 53. The van der Waals surface area contributed by atoms with Crippen molar-refractivity contribution < 1.29 is 17.7 Å². The lowest BCUT2D eigenvalue weighted by Gasteiger charge is -2.44. The molecule has 0 aliphatic carbocycles. The lowest BCUT2D eigenvalue weighted by atomic mass is 10.2. The maximum atomic E-state index is 6.83. The molecular formula is C92H184O4Si10. The van der Waals surface area contributed by atoms with Gasteiger partial charge in [0.15, 0.2) is 33.3 Å². The van der Waals surface area contributed by atoms with Crippen LogP contribution in [-0.4, -0.2) is 104 Å². The molecule has 3 atom stereocenters. The topological polar surface area (TPSA) is 36.9 Å². The SMILES string of the molecule is C=C[Si](C=C)(C=C)CCCCC[Si](C=C)(C=C)CCCCC[Si](C=C)(C=C)CCC[Si](C)(OC(C)(C)C)C(C)(C)C.C=C[Si](C=C)(CCCCC[Si](C=C)(C=C)CCC[Si](C)(OC(C)(C)C)C(C)(C)C)CCCCC[Si](C=C)(C=C)CCC[Si](C)(OC(C)(C)C)C(C)(C)C.CC(C)(C)O[Si](C)(C)C(C)(C)C. The normalized spacial score (nSPS) is 15.3. The Morgan fingerprint density at radius 3 is 0.472 bits per heavy atom. The van der Waals surface area contributed by atoms with E-state index in [0.29, 0.717) is 5.04 Å². The van der Waals surface area contributed by atoms with Crippen LogP contribution in [0, 0.1) is 0 Å². The van der Waals surface area contributed by atoms with Crippen molar-refractivity contribution in [2.45, 2.75) is 422 Å². The van der Waals surface area contributed by atoms with Crippen LogP contribution in [0.4, 0.5) is 0 Å². The molecule has 0 aliphatic rings. The predicted octanol–water partition coefficient (Wildman–Crippen LogP) is 32.3. The molecule has 0 N–H and O–H groups in total. The Labute approximate surface area is 676 Å². The molecule has 0 saturated heterocycles. The van der Waals surface area contributed by atoms with Gasteiger partial charge in [-0.1, -0.05) is 314 Å². The van der Waals surface area contributed by atoms with E-state index in [0.717, 1.165) is 0 Å². The van der Waals surface area contributed by atoms with Gasteiger partial charge in [-0.05, 0) is 160 Å². The first-order chi connectivity index (χ1) is 48.1. The summed E-state index contributed by atoms with van der Waals surface area (Å²) in [6.07, 6.45) is 18.9. The summed E-state index contributed by atoms with van der Waals surface area (Å²) in [6.45, 7) is 122. The Morgan fingerprint density at radius 2 is 0.349 bits per heavy atom. The summed E-state index contributed by atoms with van der Waals surface area (Å²) in [5.41, 5.74) is 29.1. The van der Waals surface area contributed by atoms with E-state index in [1.54, 1.807) is 0 Å². The molecule has 0 amide bonds. The Hall–Kier alpha value is -1.37. The molecule has 0 fully saturated rings. The molecule has 0 aromatic rings. The smallest absolute Gasteiger partial charge is 0.195 e. The van der Waals surface area contributed by atoms with Crippen molar-refractivity contribution in [2.75, 3.05) is 0 Å². The minimum Gasteiger partial charge on any atom is -0.412 e. The van der Waals surface area contributed by atoms with Gasteiger partial charge in [0.1, 0.15) is 48.4 Å². The number of hydrogen-bond acceptors (Lipinski definition) is 4. The maximum absolute atomic E-state index is 6.83. The average molecular weight is 1640 g/mol. The van der Waals surface area contributed by atoms with Crippen LogP contribution in [0.5, 0.6) is 0 Å². The largest absolute Gasteiger partial charge is 0.412 e. The molecule has 14 heteroatoms. The quantitative estimate of drug-likeness (QED) is 0.0449. The van der Waals surface area contributed by atoms with Crippen LogP contribution in [0.3, 0.4) is 0 Å². The van der Waals surface area contributed by atoms with E-state index >= 15 is 0 Å². The van der Waals surface area contributed by atoms with Crippen LogP contribution in [0.25, 0.3) is 0 Å². The highest BCUT2D eigenvalue weighted by Crippen LogP contribution is 2.47. The highest BCUT2D eigenvalue weighted by molar-refractivity contribution is 6.93. The molecule has 3 unspecified atom stereocenters. The van der Waals surface area contributed by atoms with Crippen LogP contribution in [-0.2, 0) is 17.7 Å². The van der Waals surface area contributed by atoms with Crippen molar-refractivity contribution >= 4 is 81.7 Å². The van der Waals surface area contributed by atoms with Gasteiger partial charge in [0.25, 0.3) is 0 Å². The van der Waals surface area contributed by atoms with Gasteiger partial charge >= 0.3 is 0 Å². The molecule has 0 aromatic carbocycles. The standard InChI is InChI=1S/C46H92O2Si5.C36H68OSi4.C10H24OSi/c1-21-51(22-2,37-29-27-31-39-52(23-3,24-4)41-33-35-49(19,45(13,14)15)47-43(7,8)9)38-30-28-32-40-53(25-5,26-6)42-34-36-50(20,46(16,17)18)48-44(10,11)12;1-15-39(16-2,17-3)30-24-22-25-31-40(18-4,19-5)32-26-23-27-33-41(20-6,21-7)34-28-29-38(14,36(11,12)13)37-35(8,9)10;1-9(2,3)11-12(7,8)10(4,5)6/h21-26H,1-6,27-42H2,7-20H3;15-21H,1-7,22-34H2,8-14H3;1-8H3. The van der Waals surface area contributed by atoms with E-state index in [4.69, 9.17) is 17.7 Å². The molecule has 0 saturated carbocycles. The van der Waals surface area contributed by atoms with Gasteiger partial charge in [0.05, 0.1) is 0 Å². The lowest BCUT2D eigenvalue weighted by Crippen LogP contribution is -2.49. The predicted molar refractivity (Wildman–Crippen MR) is 518 cm³/mol. The van der Waals surface area contributed by atoms with Crippen molar-refractivity contribution in [1.82, 2.24) is 0 Å². The fourth-order valence-electron chi connectivity index (χ4n) is 14.9. The molecule has 0 bridgehead atoms. The van der Waals surface area contributed by atoms with Crippen molar-refractivity contribution in [3.63, 3.8) is 0 Å². The zero-order valence-corrected chi connectivity index (χ0v) is 86.8. The zero-order chi connectivity index (χ0) is 83.5. The fourth-order valence-corrected chi connectivity index (χ4v) is 44.9. The lowest BCUT2D eigenvalue weighted by molar-refractivity contribution is 0.108. The van der Waals surface area contributed by atoms with Crippen molar-refractivity contribution in [1.29, 1.82) is 0 Å². The number of hydrogen-bond donors (Lipinski definition) is 0. The van der Waals surface area contributed by atoms with E-state index < -0.39 is 81.7 Å². The van der Waals surface area contributed by atoms with Gasteiger partial charge in [0.2, 0.25) is 0 Å². The first kappa shape index (κ1) is 109. The third kappa shape index (κ3) is 40.6. The van der Waals surface area contributed by atoms with Crippen molar-refractivity contribution in [3.05, 3.63) is 160 Å². The van der Waals surface area contributed by atoms with Crippen LogP contribution < -0.4 is 0 Å². The summed E-state index contributed by atoms with van der Waals surface area (Å²) < 4.78 is 26.6. The molecule has 106 heavy (non-hydrogen) atoms. The molecule has 0 radical (unpaired) electrons. The highest BCUT2D eigenvalue weighted by atomic mass is 28.4. The van der Waals surface area contributed by atoms with Gasteiger partial charge in [0, 0.05) is 22.4 Å². The summed E-state index contributed by atoms with van der Waals surface area (Å²) in [5, 5.41) is 0.955. The van der Waals surface area contributed by atoms with Crippen LogP contribution in [0.1, 0.15) is 262 Å². The van der Waals surface area contributed by atoms with E-state index in [2.05, 4.69) is 359 Å². The Balaban J connectivity index is -0.00000176. The molecule has 0 aromatic heterocycles. The summed E-state index contributed by atoms with van der Waals surface area (Å²) >= 11 is 0. The fraction of sp³-hybridized carbons (Fsp3) is 0.717. The average Bonchev–Trinajstić information content (AvgIpc) is 0.812. The van der Waals surface area contributed by atoms with E-state index in [1.807, 2.05) is 0 Å². The van der Waals surface area contributed by atoms with Gasteiger partial charge < -0.3 is 17.7 Å². The Morgan fingerprint density at radius 1 is 0.189 bits per heavy atom. The molecule has 0 aliphatic heterocycles. The molecule has 4 nitrogen and oxygen atoms in total. The molecule has 0 spiro atoms. The molecular weight excluding hydrogens is 1450 g/mol. The first-order valence-electron chi connectivity index (χ1n) is 42.1. The Bertz CT molecular complexity index is 2510. The van der Waals surface area contributed by atoms with Crippen molar-refractivity contribution in [2.24, 2.45) is 0 Å².